The molecule has 1 aliphatic rings. The van der Waals surface area contributed by atoms with Gasteiger partial charge in [0, 0.05) is 46.9 Å². The lowest BCUT2D eigenvalue weighted by atomic mass is 9.96. The minimum atomic E-state index is -0.0967. The average molecular weight is 500 g/mol. The molecule has 0 radical (unpaired) electrons. The van der Waals surface area contributed by atoms with E-state index in [1.807, 2.05) is 71.8 Å². The Morgan fingerprint density at radius 2 is 1.97 bits per heavy atom. The summed E-state index contributed by atoms with van der Waals surface area (Å²) in [4.78, 5) is 22.3. The van der Waals surface area contributed by atoms with E-state index in [9.17, 15) is 4.79 Å². The van der Waals surface area contributed by atoms with E-state index in [0.717, 1.165) is 55.7 Å². The van der Waals surface area contributed by atoms with Gasteiger partial charge in [-0.1, -0.05) is 30.3 Å². The summed E-state index contributed by atoms with van der Waals surface area (Å²) < 4.78 is 11.6. The Kier molecular flexibility index (Phi) is 5.61. The lowest BCUT2D eigenvalue weighted by Crippen LogP contribution is -2.30. The highest BCUT2D eigenvalue weighted by molar-refractivity contribution is 6.19. The number of methoxy groups -OCH3 is 1. The number of anilines is 1. The molecule has 1 amide bonds. The fraction of sp³-hybridized carbons (Fsp3) is 0.207. The minimum Gasteiger partial charge on any atom is -0.497 e. The van der Waals surface area contributed by atoms with E-state index < -0.39 is 0 Å². The number of aryl methyl sites for hydroxylation is 1. The van der Waals surface area contributed by atoms with Crippen molar-refractivity contribution < 1.29 is 14.3 Å². The smallest absolute Gasteiger partial charge is 0.274 e. The number of ether oxygens (including phenoxy) is 2. The fourth-order valence-electron chi connectivity index (χ4n) is 5.18. The van der Waals surface area contributed by atoms with E-state index in [1.54, 1.807) is 7.11 Å². The molecule has 3 aromatic carbocycles. The van der Waals surface area contributed by atoms with E-state index in [4.69, 9.17) is 21.1 Å². The van der Waals surface area contributed by atoms with Gasteiger partial charge in [-0.2, -0.15) is 0 Å². The second-order valence-electron chi connectivity index (χ2n) is 9.21. The van der Waals surface area contributed by atoms with Crippen molar-refractivity contribution in [2.45, 2.75) is 19.4 Å². The molecule has 5 aromatic rings. The zero-order chi connectivity index (χ0) is 24.8. The highest BCUT2D eigenvalue weighted by atomic mass is 35.5. The quantitative estimate of drug-likeness (QED) is 0.261. The molecule has 0 spiro atoms. The SMILES string of the molecule is COc1ccc2[nH]c(C(=O)N3CC(CCl)c4c3cc(OCc3ccccc3)c3[nH]cc(C)c43)cc2c1. The molecule has 6 rings (SSSR count). The Morgan fingerprint density at radius 3 is 2.75 bits per heavy atom. The normalized spacial score (nSPS) is 15.0. The maximum atomic E-state index is 13.8. The number of nitrogens with one attached hydrogen (secondary N) is 2. The minimum absolute atomic E-state index is 0.0234. The van der Waals surface area contributed by atoms with Gasteiger partial charge in [0.15, 0.2) is 0 Å². The van der Waals surface area contributed by atoms with Crippen molar-refractivity contribution in [1.29, 1.82) is 0 Å². The van der Waals surface area contributed by atoms with Gasteiger partial charge in [0.1, 0.15) is 23.8 Å². The first-order valence-electron chi connectivity index (χ1n) is 11.9. The third kappa shape index (κ3) is 3.69. The molecule has 7 heteroatoms. The molecule has 1 unspecified atom stereocenters. The van der Waals surface area contributed by atoms with Crippen LogP contribution < -0.4 is 14.4 Å². The van der Waals surface area contributed by atoms with Gasteiger partial charge in [0.05, 0.1) is 18.3 Å². The summed E-state index contributed by atoms with van der Waals surface area (Å²) in [5, 5.41) is 2.01. The number of hydrogen-bond acceptors (Lipinski definition) is 3. The number of nitrogens with zero attached hydrogens (tertiary/aromatic N) is 1. The van der Waals surface area contributed by atoms with Crippen molar-refractivity contribution in [3.05, 3.63) is 89.2 Å². The summed E-state index contributed by atoms with van der Waals surface area (Å²) in [6.07, 6.45) is 1.99. The summed E-state index contributed by atoms with van der Waals surface area (Å²) in [5.74, 6) is 1.82. The summed E-state index contributed by atoms with van der Waals surface area (Å²) in [6, 6.07) is 19.6. The van der Waals surface area contributed by atoms with Crippen molar-refractivity contribution in [2.24, 2.45) is 0 Å². The Hall–Kier alpha value is -3.90. The van der Waals surface area contributed by atoms with E-state index in [2.05, 4.69) is 16.9 Å². The molecule has 1 aliphatic heterocycles. The molecule has 0 saturated heterocycles. The summed E-state index contributed by atoms with van der Waals surface area (Å²) in [7, 11) is 1.63. The van der Waals surface area contributed by atoms with Crippen molar-refractivity contribution in [3.63, 3.8) is 0 Å². The maximum Gasteiger partial charge on any atom is 0.274 e. The molecule has 0 saturated carbocycles. The molecule has 0 bridgehead atoms. The van der Waals surface area contributed by atoms with Crippen LogP contribution in [0.15, 0.2) is 66.9 Å². The van der Waals surface area contributed by atoms with Crippen LogP contribution in [0.2, 0.25) is 0 Å². The molecule has 0 fully saturated rings. The Labute approximate surface area is 213 Å². The van der Waals surface area contributed by atoms with Crippen LogP contribution >= 0.6 is 11.6 Å². The number of amides is 1. The van der Waals surface area contributed by atoms with Gasteiger partial charge < -0.3 is 24.3 Å². The van der Waals surface area contributed by atoms with Crippen molar-refractivity contribution in [3.8, 4) is 11.5 Å². The molecule has 36 heavy (non-hydrogen) atoms. The zero-order valence-corrected chi connectivity index (χ0v) is 20.9. The predicted molar refractivity (Wildman–Crippen MR) is 144 cm³/mol. The number of carbonyl (C=O) groups is 1. The molecule has 0 aliphatic carbocycles. The molecular weight excluding hydrogens is 474 g/mol. The molecule has 2 N–H and O–H groups in total. The van der Waals surface area contributed by atoms with E-state index in [-0.39, 0.29) is 11.8 Å². The number of carbonyl (C=O) groups excluding carboxylic acids is 1. The van der Waals surface area contributed by atoms with E-state index in [0.29, 0.717) is 24.7 Å². The molecule has 6 nitrogen and oxygen atoms in total. The van der Waals surface area contributed by atoms with Crippen LogP contribution in [-0.2, 0) is 6.61 Å². The fourth-order valence-corrected chi connectivity index (χ4v) is 5.43. The zero-order valence-electron chi connectivity index (χ0n) is 20.1. The first-order chi connectivity index (χ1) is 17.6. The van der Waals surface area contributed by atoms with Crippen molar-refractivity contribution >= 4 is 45.0 Å². The molecule has 3 heterocycles. The summed E-state index contributed by atoms with van der Waals surface area (Å²) in [6.45, 7) is 3.02. The number of hydrogen-bond donors (Lipinski definition) is 2. The molecule has 1 atom stereocenters. The van der Waals surface area contributed by atoms with E-state index >= 15 is 0 Å². The Balaban J connectivity index is 1.43. The first-order valence-corrected chi connectivity index (χ1v) is 12.5. The van der Waals surface area contributed by atoms with Crippen LogP contribution in [0.1, 0.15) is 33.1 Å². The van der Waals surface area contributed by atoms with Crippen LogP contribution in [0.5, 0.6) is 11.5 Å². The third-order valence-electron chi connectivity index (χ3n) is 6.97. The largest absolute Gasteiger partial charge is 0.497 e. The van der Waals surface area contributed by atoms with Gasteiger partial charge >= 0.3 is 0 Å². The number of H-pyrrole nitrogens is 2. The Bertz CT molecular complexity index is 1590. The van der Waals surface area contributed by atoms with Gasteiger partial charge in [-0.15, -0.1) is 11.6 Å². The van der Waals surface area contributed by atoms with Crippen LogP contribution in [0.25, 0.3) is 21.8 Å². The van der Waals surface area contributed by atoms with Gasteiger partial charge in [0.2, 0.25) is 0 Å². The van der Waals surface area contributed by atoms with Gasteiger partial charge in [-0.05, 0) is 47.9 Å². The van der Waals surface area contributed by atoms with Crippen molar-refractivity contribution in [1.82, 2.24) is 9.97 Å². The number of rotatable bonds is 6. The average Bonchev–Trinajstić information content (AvgIpc) is 3.61. The van der Waals surface area contributed by atoms with Crippen LogP contribution in [-0.4, -0.2) is 35.4 Å². The third-order valence-corrected chi connectivity index (χ3v) is 7.34. The summed E-state index contributed by atoms with van der Waals surface area (Å²) in [5.41, 5.74) is 6.47. The highest BCUT2D eigenvalue weighted by Gasteiger charge is 2.36. The van der Waals surface area contributed by atoms with Crippen LogP contribution in [0.3, 0.4) is 0 Å². The lowest BCUT2D eigenvalue weighted by Gasteiger charge is -2.18. The van der Waals surface area contributed by atoms with Crippen molar-refractivity contribution in [2.75, 3.05) is 24.4 Å². The first kappa shape index (κ1) is 22.6. The Morgan fingerprint density at radius 1 is 1.14 bits per heavy atom. The number of aromatic amines is 2. The number of benzene rings is 3. The van der Waals surface area contributed by atoms with Gasteiger partial charge in [0.25, 0.3) is 5.91 Å². The van der Waals surface area contributed by atoms with E-state index in [1.165, 1.54) is 0 Å². The van der Waals surface area contributed by atoms with Crippen LogP contribution in [0.4, 0.5) is 5.69 Å². The van der Waals surface area contributed by atoms with Crippen LogP contribution in [0, 0.1) is 6.92 Å². The number of aromatic nitrogens is 2. The standard InChI is InChI=1S/C29H26ClN3O3/c1-17-14-31-28-25(36-16-18-6-4-3-5-7-18)12-24-27(26(17)28)20(13-30)15-33(24)29(34)23-11-19-10-21(35-2)8-9-22(19)32-23/h3-12,14,20,31-32H,13,15-16H2,1-2H3. The highest BCUT2D eigenvalue weighted by Crippen LogP contribution is 2.47. The summed E-state index contributed by atoms with van der Waals surface area (Å²) >= 11 is 6.45. The second kappa shape index (κ2) is 8.95. The lowest BCUT2D eigenvalue weighted by molar-refractivity contribution is 0.0984. The number of halogens is 1. The number of fused-ring (bicyclic) bond motifs is 4. The predicted octanol–water partition coefficient (Wildman–Crippen LogP) is 6.53. The molecule has 2 aromatic heterocycles. The maximum absolute atomic E-state index is 13.8. The topological polar surface area (TPSA) is 70.3 Å². The molecule has 182 valence electrons. The van der Waals surface area contributed by atoms with Gasteiger partial charge in [-0.3, -0.25) is 4.79 Å². The second-order valence-corrected chi connectivity index (χ2v) is 9.52. The van der Waals surface area contributed by atoms with Gasteiger partial charge in [-0.25, -0.2) is 0 Å². The monoisotopic (exact) mass is 499 g/mol. The number of alkyl halides is 1. The molecular formula is C29H26ClN3O3.